The van der Waals surface area contributed by atoms with Crippen LogP contribution in [0.1, 0.15) is 18.1 Å². The molecule has 3 amide bonds. The van der Waals surface area contributed by atoms with Crippen molar-refractivity contribution < 1.29 is 28.2 Å². The van der Waals surface area contributed by atoms with Crippen LogP contribution < -0.4 is 14.8 Å². The predicted octanol–water partition coefficient (Wildman–Crippen LogP) is 7.24. The van der Waals surface area contributed by atoms with Gasteiger partial charge in [-0.2, -0.15) is 0 Å². The molecule has 0 aliphatic carbocycles. The van der Waals surface area contributed by atoms with Gasteiger partial charge >= 0.3 is 0 Å². The Labute approximate surface area is 253 Å². The van der Waals surface area contributed by atoms with Gasteiger partial charge in [-0.25, -0.2) is 4.39 Å². The number of thioether (sulfide) groups is 1. The lowest BCUT2D eigenvalue weighted by molar-refractivity contribution is -0.127. The third kappa shape index (κ3) is 6.88. The Kier molecular flexibility index (Phi) is 8.89. The lowest BCUT2D eigenvalue weighted by atomic mass is 10.1. The molecule has 0 unspecified atom stereocenters. The molecule has 1 heterocycles. The summed E-state index contributed by atoms with van der Waals surface area (Å²) in [7, 11) is 0. The number of carbonyl (C=O) groups excluding carboxylic acids is 3. The van der Waals surface area contributed by atoms with Crippen LogP contribution in [0.3, 0.4) is 0 Å². The molecule has 1 N–H and O–H groups in total. The molecule has 1 aliphatic rings. The Morgan fingerprint density at radius 1 is 1.00 bits per heavy atom. The number of carbonyl (C=O) groups is 3. The standard InChI is InChI=1S/C31H24FIN2O5S/c1-2-39-26-14-20(13-25(33)29(26)40-18-19-10-11-21-6-3-4-7-22(21)12-19)15-27-30(37)35(31(38)41-27)17-28(36)34-24-9-5-8-23(32)16-24/h3-16H,2,17-18H2,1H3,(H,34,36)/b27-15+. The molecule has 7 nitrogen and oxygen atoms in total. The average Bonchev–Trinajstić information content (AvgIpc) is 3.19. The van der Waals surface area contributed by atoms with Gasteiger partial charge in [0.05, 0.1) is 15.1 Å². The maximum absolute atomic E-state index is 13.4. The summed E-state index contributed by atoms with van der Waals surface area (Å²) in [5.74, 6) is -0.609. The SMILES string of the molecule is CCOc1cc(/C=C2/SC(=O)N(CC(=O)Nc3cccc(F)c3)C2=O)cc(I)c1OCc1ccc2ccccc2c1. The van der Waals surface area contributed by atoms with E-state index in [9.17, 15) is 18.8 Å². The van der Waals surface area contributed by atoms with Crippen molar-refractivity contribution in [2.24, 2.45) is 0 Å². The first-order valence-electron chi connectivity index (χ1n) is 12.7. The van der Waals surface area contributed by atoms with E-state index in [0.717, 1.165) is 42.6 Å². The number of amides is 3. The molecule has 4 aromatic carbocycles. The van der Waals surface area contributed by atoms with Crippen molar-refractivity contribution in [3.8, 4) is 11.5 Å². The smallest absolute Gasteiger partial charge is 0.294 e. The van der Waals surface area contributed by atoms with E-state index in [1.165, 1.54) is 18.2 Å². The second-order valence-corrected chi connectivity index (χ2v) is 11.2. The summed E-state index contributed by atoms with van der Waals surface area (Å²) in [5.41, 5.74) is 1.89. The van der Waals surface area contributed by atoms with Crippen molar-refractivity contribution in [1.29, 1.82) is 0 Å². The summed E-state index contributed by atoms with van der Waals surface area (Å²) in [6.45, 7) is 2.13. The molecule has 0 bridgehead atoms. The Hall–Kier alpha value is -3.90. The summed E-state index contributed by atoms with van der Waals surface area (Å²) in [6.07, 6.45) is 1.59. The highest BCUT2D eigenvalue weighted by Gasteiger charge is 2.36. The minimum absolute atomic E-state index is 0.177. The Morgan fingerprint density at radius 2 is 1.80 bits per heavy atom. The summed E-state index contributed by atoms with van der Waals surface area (Å²) in [5, 5.41) is 4.22. The van der Waals surface area contributed by atoms with E-state index in [4.69, 9.17) is 9.47 Å². The second-order valence-electron chi connectivity index (χ2n) is 9.06. The predicted molar refractivity (Wildman–Crippen MR) is 166 cm³/mol. The van der Waals surface area contributed by atoms with Crippen LogP contribution >= 0.6 is 34.4 Å². The van der Waals surface area contributed by atoms with Crippen molar-refractivity contribution in [1.82, 2.24) is 4.90 Å². The summed E-state index contributed by atoms with van der Waals surface area (Å²) in [4.78, 5) is 39.0. The number of nitrogens with one attached hydrogen (secondary N) is 1. The van der Waals surface area contributed by atoms with Crippen molar-refractivity contribution in [3.05, 3.63) is 104 Å². The molecule has 1 aliphatic heterocycles. The van der Waals surface area contributed by atoms with Gasteiger partial charge in [-0.05, 0) is 106 Å². The van der Waals surface area contributed by atoms with Crippen LogP contribution in [0.4, 0.5) is 14.9 Å². The van der Waals surface area contributed by atoms with E-state index in [0.29, 0.717) is 30.3 Å². The van der Waals surface area contributed by atoms with Crippen LogP contribution in [0.5, 0.6) is 11.5 Å². The fourth-order valence-electron chi connectivity index (χ4n) is 4.26. The highest BCUT2D eigenvalue weighted by atomic mass is 127. The van der Waals surface area contributed by atoms with Gasteiger partial charge in [-0.1, -0.05) is 42.5 Å². The number of nitrogens with zero attached hydrogens (tertiary/aromatic N) is 1. The van der Waals surface area contributed by atoms with Gasteiger partial charge < -0.3 is 14.8 Å². The van der Waals surface area contributed by atoms with Crippen molar-refractivity contribution in [2.75, 3.05) is 18.5 Å². The molecular formula is C31H24FIN2O5S. The molecule has 0 spiro atoms. The minimum atomic E-state index is -0.611. The molecule has 0 radical (unpaired) electrons. The minimum Gasteiger partial charge on any atom is -0.490 e. The molecule has 1 fully saturated rings. The van der Waals surface area contributed by atoms with Gasteiger partial charge in [0.2, 0.25) is 5.91 Å². The first-order valence-corrected chi connectivity index (χ1v) is 14.6. The normalized spacial score (nSPS) is 14.1. The van der Waals surface area contributed by atoms with Crippen molar-refractivity contribution in [2.45, 2.75) is 13.5 Å². The lowest BCUT2D eigenvalue weighted by Gasteiger charge is -2.15. The monoisotopic (exact) mass is 682 g/mol. The third-order valence-corrected chi connectivity index (χ3v) is 7.82. The number of anilines is 1. The van der Waals surface area contributed by atoms with Gasteiger partial charge in [0, 0.05) is 5.69 Å². The Bertz CT molecular complexity index is 1690. The van der Waals surface area contributed by atoms with Crippen LogP contribution in [0.2, 0.25) is 0 Å². The van der Waals surface area contributed by atoms with Crippen LogP contribution in [0.25, 0.3) is 16.8 Å². The highest BCUT2D eigenvalue weighted by Crippen LogP contribution is 2.38. The number of rotatable bonds is 9. The van der Waals surface area contributed by atoms with E-state index in [-0.39, 0.29) is 10.6 Å². The van der Waals surface area contributed by atoms with E-state index < -0.39 is 29.4 Å². The first-order chi connectivity index (χ1) is 19.8. The molecule has 0 saturated carbocycles. The molecule has 41 heavy (non-hydrogen) atoms. The number of benzene rings is 4. The lowest BCUT2D eigenvalue weighted by Crippen LogP contribution is -2.36. The van der Waals surface area contributed by atoms with Crippen LogP contribution in [-0.2, 0) is 16.2 Å². The van der Waals surface area contributed by atoms with E-state index in [1.54, 1.807) is 12.1 Å². The molecule has 0 aromatic heterocycles. The molecule has 5 rings (SSSR count). The van der Waals surface area contributed by atoms with Crippen molar-refractivity contribution in [3.63, 3.8) is 0 Å². The summed E-state index contributed by atoms with van der Waals surface area (Å²) >= 11 is 2.90. The van der Waals surface area contributed by atoms with Crippen LogP contribution in [0, 0.1) is 9.39 Å². The van der Waals surface area contributed by atoms with Crippen LogP contribution in [0.15, 0.2) is 83.8 Å². The summed E-state index contributed by atoms with van der Waals surface area (Å²) < 4.78 is 26.2. The average molecular weight is 683 g/mol. The fourth-order valence-corrected chi connectivity index (χ4v) is 5.88. The van der Waals surface area contributed by atoms with Gasteiger partial charge in [-0.3, -0.25) is 19.3 Å². The largest absolute Gasteiger partial charge is 0.490 e. The highest BCUT2D eigenvalue weighted by molar-refractivity contribution is 14.1. The third-order valence-electron chi connectivity index (χ3n) is 6.11. The first kappa shape index (κ1) is 28.6. The molecule has 4 aromatic rings. The van der Waals surface area contributed by atoms with Gasteiger partial charge in [0.15, 0.2) is 11.5 Å². The Balaban J connectivity index is 1.30. The topological polar surface area (TPSA) is 84.9 Å². The number of hydrogen-bond donors (Lipinski definition) is 1. The molecule has 0 atom stereocenters. The zero-order chi connectivity index (χ0) is 28.9. The number of halogens is 2. The van der Waals surface area contributed by atoms with Crippen molar-refractivity contribution >= 4 is 73.9 Å². The quantitative estimate of drug-likeness (QED) is 0.148. The van der Waals surface area contributed by atoms with Gasteiger partial charge in [0.1, 0.15) is 19.0 Å². The maximum atomic E-state index is 13.4. The number of fused-ring (bicyclic) bond motifs is 1. The van der Waals surface area contributed by atoms with Crippen LogP contribution in [-0.4, -0.2) is 35.1 Å². The van der Waals surface area contributed by atoms with E-state index >= 15 is 0 Å². The summed E-state index contributed by atoms with van der Waals surface area (Å²) in [6, 6.07) is 23.3. The maximum Gasteiger partial charge on any atom is 0.294 e. The second kappa shape index (κ2) is 12.7. The Morgan fingerprint density at radius 3 is 2.59 bits per heavy atom. The molecule has 208 valence electrons. The number of ether oxygens (including phenoxy) is 2. The van der Waals surface area contributed by atoms with E-state index in [1.807, 2.05) is 31.2 Å². The van der Waals surface area contributed by atoms with Gasteiger partial charge in [0.25, 0.3) is 11.1 Å². The fraction of sp³-hybridized carbons (Fsp3) is 0.129. The zero-order valence-electron chi connectivity index (χ0n) is 21.9. The molecule has 10 heteroatoms. The van der Waals surface area contributed by atoms with E-state index in [2.05, 4.69) is 52.2 Å². The zero-order valence-corrected chi connectivity index (χ0v) is 24.8. The number of imide groups is 1. The molecular weight excluding hydrogens is 658 g/mol. The van der Waals surface area contributed by atoms with Gasteiger partial charge in [-0.15, -0.1) is 0 Å². The number of hydrogen-bond acceptors (Lipinski definition) is 6. The molecule has 1 saturated heterocycles.